The number of hydrogen-bond acceptors (Lipinski definition) is 9. The van der Waals surface area contributed by atoms with Crippen LogP contribution in [0.2, 0.25) is 5.02 Å². The summed E-state index contributed by atoms with van der Waals surface area (Å²) in [7, 11) is 0. The van der Waals surface area contributed by atoms with Gasteiger partial charge in [-0.1, -0.05) is 17.7 Å². The van der Waals surface area contributed by atoms with Gasteiger partial charge >= 0.3 is 6.03 Å². The van der Waals surface area contributed by atoms with E-state index in [1.807, 2.05) is 18.2 Å². The summed E-state index contributed by atoms with van der Waals surface area (Å²) in [5, 5.41) is 24.8. The summed E-state index contributed by atoms with van der Waals surface area (Å²) in [5.74, 6) is 1.69. The van der Waals surface area contributed by atoms with Crippen LogP contribution in [0.5, 0.6) is 5.75 Å². The summed E-state index contributed by atoms with van der Waals surface area (Å²) in [6, 6.07) is 19.2. The minimum atomic E-state index is -0.352. The van der Waals surface area contributed by atoms with Crippen LogP contribution in [0.1, 0.15) is 79.9 Å². The van der Waals surface area contributed by atoms with Crippen molar-refractivity contribution in [3.05, 3.63) is 77.1 Å². The number of fused-ring (bicyclic) bond motifs is 1. The third-order valence-electron chi connectivity index (χ3n) is 11.8. The Morgan fingerprint density at radius 3 is 2.41 bits per heavy atom. The molecule has 4 amide bonds. The van der Waals surface area contributed by atoms with E-state index in [-0.39, 0.29) is 42.4 Å². The minimum Gasteiger partial charge on any atom is -0.490 e. The molecule has 2 aliphatic heterocycles. The Labute approximate surface area is 337 Å². The molecule has 13 nitrogen and oxygen atoms in total. The number of carbonyl (C=O) groups is 3. The second kappa shape index (κ2) is 17.5. The number of halogens is 2. The fourth-order valence-electron chi connectivity index (χ4n) is 8.70. The molecule has 2 N–H and O–H groups in total. The van der Waals surface area contributed by atoms with Gasteiger partial charge in [0.25, 0.3) is 5.91 Å². The molecule has 0 radical (unpaired) electrons. The van der Waals surface area contributed by atoms with Gasteiger partial charge in [0.1, 0.15) is 11.8 Å². The van der Waals surface area contributed by atoms with Crippen molar-refractivity contribution < 1.29 is 19.1 Å². The van der Waals surface area contributed by atoms with Crippen molar-refractivity contribution in [1.82, 2.24) is 30.3 Å². The molecule has 4 fully saturated rings. The number of nitriles is 1. The van der Waals surface area contributed by atoms with Crippen molar-refractivity contribution in [3.8, 4) is 11.8 Å². The first-order chi connectivity index (χ1) is 26.8. The first-order valence-electron chi connectivity index (χ1n) is 19.5. The number of ether oxygens (including phenoxy) is 1. The number of benzene rings is 2. The van der Waals surface area contributed by atoms with Gasteiger partial charge in [0.2, 0.25) is 5.91 Å². The summed E-state index contributed by atoms with van der Waals surface area (Å²) >= 11 is 6.15. The van der Waals surface area contributed by atoms with Crippen molar-refractivity contribution in [3.63, 3.8) is 0 Å². The van der Waals surface area contributed by atoms with Crippen LogP contribution >= 0.6 is 24.0 Å². The molecule has 2 aromatic carbocycles. The predicted octanol–water partition coefficient (Wildman–Crippen LogP) is 6.50. The lowest BCUT2D eigenvalue weighted by Crippen LogP contribution is -2.49. The minimum absolute atomic E-state index is 0. The fraction of sp³-hybridized carbons (Fsp3) is 0.463. The van der Waals surface area contributed by atoms with Gasteiger partial charge in [-0.25, -0.2) is 4.79 Å². The Bertz CT molecular complexity index is 2080. The van der Waals surface area contributed by atoms with E-state index in [9.17, 15) is 14.4 Å². The summed E-state index contributed by atoms with van der Waals surface area (Å²) in [6.07, 6.45) is 10.3. The molecule has 4 aliphatic rings. The Balaban J connectivity index is 0.00000480. The van der Waals surface area contributed by atoms with Crippen LogP contribution in [0.25, 0.3) is 10.9 Å². The maximum atomic E-state index is 13.0. The van der Waals surface area contributed by atoms with E-state index < -0.39 is 0 Å². The zero-order valence-electron chi connectivity index (χ0n) is 31.2. The molecule has 8 rings (SSSR count). The number of anilines is 2. The van der Waals surface area contributed by atoms with Crippen LogP contribution in [0.15, 0.2) is 60.8 Å². The highest BCUT2D eigenvalue weighted by atomic mass is 35.5. The van der Waals surface area contributed by atoms with Gasteiger partial charge in [0, 0.05) is 75.4 Å². The van der Waals surface area contributed by atoms with Gasteiger partial charge in [-0.2, -0.15) is 5.26 Å². The SMILES string of the molecule is Cl.N#Cc1ccc(OC2CCC(NC(=O)c3ccc(N4CCN(CC5CCC(n6ccc7c(N8CCC(=O)NC8=O)cccc76)CC5)CC4)nn3)CC2)cc1Cl. The molecule has 0 bridgehead atoms. The number of imide groups is 1. The van der Waals surface area contributed by atoms with E-state index >= 15 is 0 Å². The van der Waals surface area contributed by atoms with Crippen molar-refractivity contribution in [2.24, 2.45) is 5.92 Å². The van der Waals surface area contributed by atoms with Crippen molar-refractivity contribution in [2.75, 3.05) is 49.1 Å². The molecular formula is C41H47Cl2N9O4. The number of aromatic nitrogens is 3. The van der Waals surface area contributed by atoms with Gasteiger partial charge in [-0.15, -0.1) is 22.6 Å². The largest absolute Gasteiger partial charge is 0.490 e. The highest BCUT2D eigenvalue weighted by Gasteiger charge is 2.30. The molecular weight excluding hydrogens is 753 g/mol. The molecule has 15 heteroatoms. The summed E-state index contributed by atoms with van der Waals surface area (Å²) in [4.78, 5) is 43.7. The molecule has 0 spiro atoms. The van der Waals surface area contributed by atoms with Crippen LogP contribution in [-0.4, -0.2) is 88.9 Å². The maximum absolute atomic E-state index is 13.0. The summed E-state index contributed by atoms with van der Waals surface area (Å²) < 4.78 is 8.47. The molecule has 56 heavy (non-hydrogen) atoms. The molecule has 4 heterocycles. The number of carbonyl (C=O) groups excluding carboxylic acids is 3. The molecule has 0 unspecified atom stereocenters. The van der Waals surface area contributed by atoms with Crippen LogP contribution in [0, 0.1) is 17.2 Å². The number of hydrogen-bond donors (Lipinski definition) is 2. The molecule has 2 aliphatic carbocycles. The molecule has 2 saturated heterocycles. The third-order valence-corrected chi connectivity index (χ3v) is 12.1. The first-order valence-corrected chi connectivity index (χ1v) is 19.9. The van der Waals surface area contributed by atoms with Gasteiger partial charge in [0.15, 0.2) is 11.5 Å². The van der Waals surface area contributed by atoms with E-state index in [0.29, 0.717) is 47.0 Å². The van der Waals surface area contributed by atoms with Gasteiger partial charge in [-0.3, -0.25) is 24.7 Å². The van der Waals surface area contributed by atoms with Crippen LogP contribution in [0.3, 0.4) is 0 Å². The lowest BCUT2D eigenvalue weighted by molar-refractivity contribution is -0.120. The van der Waals surface area contributed by atoms with Crippen molar-refractivity contribution >= 4 is 64.3 Å². The smallest absolute Gasteiger partial charge is 0.328 e. The quantitative estimate of drug-likeness (QED) is 0.194. The number of amides is 4. The summed E-state index contributed by atoms with van der Waals surface area (Å²) in [5.41, 5.74) is 2.74. The maximum Gasteiger partial charge on any atom is 0.328 e. The van der Waals surface area contributed by atoms with Gasteiger partial charge in [-0.05, 0) is 99.7 Å². The molecule has 4 aromatic rings. The van der Waals surface area contributed by atoms with E-state index in [1.54, 1.807) is 29.2 Å². The second-order valence-electron chi connectivity index (χ2n) is 15.2. The standard InChI is InChI=1S/C41H46ClN9O4.ClH/c42-34-24-32(11-6-28(34)25-43)55-31-12-7-29(8-13-31)44-40(53)35-14-15-38(47-46-35)49-22-20-48(21-23-49)26-27-4-9-30(10-5-27)50-18-16-33-36(50)2-1-3-37(33)51-19-17-39(52)45-41(51)54;/h1-3,6,11,14-16,18,24,27,29-31H,4-5,7-10,12-13,17,19-23,26H2,(H,44,53)(H,45,52,54);1H. The Morgan fingerprint density at radius 2 is 1.71 bits per heavy atom. The number of piperazine rings is 1. The number of nitrogens with one attached hydrogen (secondary N) is 2. The zero-order valence-corrected chi connectivity index (χ0v) is 32.8. The first kappa shape index (κ1) is 39.3. The Morgan fingerprint density at radius 1 is 0.929 bits per heavy atom. The van der Waals surface area contributed by atoms with Gasteiger partial charge < -0.3 is 19.5 Å². The normalized spacial score (nSPS) is 23.2. The van der Waals surface area contributed by atoms with E-state index in [2.05, 4.69) is 59.6 Å². The highest BCUT2D eigenvalue weighted by Crippen LogP contribution is 2.37. The van der Waals surface area contributed by atoms with Crippen molar-refractivity contribution in [1.29, 1.82) is 5.26 Å². The van der Waals surface area contributed by atoms with E-state index in [0.717, 1.165) is 93.7 Å². The number of nitrogens with zero attached hydrogens (tertiary/aromatic N) is 7. The van der Waals surface area contributed by atoms with E-state index in [4.69, 9.17) is 21.6 Å². The average molecular weight is 801 g/mol. The van der Waals surface area contributed by atoms with E-state index in [1.165, 1.54) is 12.8 Å². The number of rotatable bonds is 9. The second-order valence-corrected chi connectivity index (χ2v) is 15.7. The predicted molar refractivity (Wildman–Crippen MR) is 217 cm³/mol. The molecule has 0 atom stereocenters. The fourth-order valence-corrected chi connectivity index (χ4v) is 8.91. The number of urea groups is 1. The summed E-state index contributed by atoms with van der Waals surface area (Å²) in [6.45, 7) is 5.17. The Kier molecular flexibility index (Phi) is 12.3. The molecule has 294 valence electrons. The van der Waals surface area contributed by atoms with Crippen LogP contribution < -0.4 is 25.2 Å². The van der Waals surface area contributed by atoms with Crippen LogP contribution in [-0.2, 0) is 4.79 Å². The third kappa shape index (κ3) is 8.73. The molecule has 2 aromatic heterocycles. The van der Waals surface area contributed by atoms with Crippen LogP contribution in [0.4, 0.5) is 16.3 Å². The Hall–Kier alpha value is -4.90. The topological polar surface area (TPSA) is 149 Å². The lowest BCUT2D eigenvalue weighted by atomic mass is 9.85. The monoisotopic (exact) mass is 799 g/mol. The van der Waals surface area contributed by atoms with Gasteiger partial charge in [0.05, 0.1) is 27.9 Å². The lowest BCUT2D eigenvalue weighted by Gasteiger charge is -2.38. The average Bonchev–Trinajstić information content (AvgIpc) is 3.64. The zero-order chi connectivity index (χ0) is 37.9. The highest BCUT2D eigenvalue weighted by molar-refractivity contribution is 6.31. The van der Waals surface area contributed by atoms with Crippen molar-refractivity contribution in [2.45, 2.75) is 76.0 Å². The molecule has 2 saturated carbocycles.